The van der Waals surface area contributed by atoms with E-state index in [9.17, 15) is 4.79 Å². The van der Waals surface area contributed by atoms with Crippen molar-refractivity contribution in [1.29, 1.82) is 0 Å². The molecule has 0 saturated heterocycles. The molecule has 5 heteroatoms. The van der Waals surface area contributed by atoms with Gasteiger partial charge < -0.3 is 13.7 Å². The van der Waals surface area contributed by atoms with Gasteiger partial charge >= 0.3 is 5.63 Å². The molecular weight excluding hydrogens is 282 g/mol. The van der Waals surface area contributed by atoms with Crippen molar-refractivity contribution in [2.45, 2.75) is 27.7 Å². The third-order valence-corrected chi connectivity index (χ3v) is 4.05. The summed E-state index contributed by atoms with van der Waals surface area (Å²) in [5.41, 5.74) is 4.16. The summed E-state index contributed by atoms with van der Waals surface area (Å²) in [5.74, 6) is 1.38. The molecule has 0 bridgehead atoms. The number of hydrogen-bond acceptors (Lipinski definition) is 5. The molecule has 0 N–H and O–H groups in total. The lowest BCUT2D eigenvalue weighted by Crippen LogP contribution is -2.06. The maximum Gasteiger partial charge on any atom is 0.339 e. The Hall–Kier alpha value is -2.56. The highest BCUT2D eigenvalue weighted by Crippen LogP contribution is 2.36. The lowest BCUT2D eigenvalue weighted by molar-refractivity contribution is 0.393. The van der Waals surface area contributed by atoms with Gasteiger partial charge in [0, 0.05) is 11.1 Å². The minimum atomic E-state index is -0.331. The van der Waals surface area contributed by atoms with E-state index in [0.717, 1.165) is 27.8 Å². The van der Waals surface area contributed by atoms with Gasteiger partial charge in [0.2, 0.25) is 0 Å². The first-order valence-corrected chi connectivity index (χ1v) is 6.99. The Balaban J connectivity index is 2.42. The second-order valence-corrected chi connectivity index (χ2v) is 5.39. The highest BCUT2D eigenvalue weighted by Gasteiger charge is 2.18. The van der Waals surface area contributed by atoms with E-state index in [1.165, 1.54) is 0 Å². The van der Waals surface area contributed by atoms with Gasteiger partial charge in [0.1, 0.15) is 17.1 Å². The average molecular weight is 299 g/mol. The second kappa shape index (κ2) is 5.02. The van der Waals surface area contributed by atoms with Crippen LogP contribution in [-0.4, -0.2) is 12.3 Å². The molecule has 0 saturated carbocycles. The molecule has 114 valence electrons. The molecule has 0 fully saturated rings. The van der Waals surface area contributed by atoms with Gasteiger partial charge in [-0.05, 0) is 51.0 Å². The Morgan fingerprint density at radius 2 is 1.82 bits per heavy atom. The quantitative estimate of drug-likeness (QED) is 0.675. The van der Waals surface area contributed by atoms with E-state index in [2.05, 4.69) is 5.16 Å². The summed E-state index contributed by atoms with van der Waals surface area (Å²) < 4.78 is 16.2. The Labute approximate surface area is 127 Å². The molecule has 0 aliphatic carbocycles. The molecule has 5 nitrogen and oxygen atoms in total. The average Bonchev–Trinajstić information content (AvgIpc) is 2.82. The van der Waals surface area contributed by atoms with Gasteiger partial charge in [0.25, 0.3) is 0 Å². The molecule has 22 heavy (non-hydrogen) atoms. The molecule has 0 spiro atoms. The summed E-state index contributed by atoms with van der Waals surface area (Å²) in [6.07, 6.45) is 0. The number of aryl methyl sites for hydroxylation is 3. The van der Waals surface area contributed by atoms with Crippen molar-refractivity contribution >= 4 is 11.0 Å². The van der Waals surface area contributed by atoms with Crippen LogP contribution in [-0.2, 0) is 0 Å². The van der Waals surface area contributed by atoms with Crippen molar-refractivity contribution in [3.63, 3.8) is 0 Å². The van der Waals surface area contributed by atoms with Crippen LogP contribution >= 0.6 is 0 Å². The Morgan fingerprint density at radius 1 is 1.09 bits per heavy atom. The molecule has 0 unspecified atom stereocenters. The lowest BCUT2D eigenvalue weighted by Gasteiger charge is -2.11. The molecule has 3 aromatic rings. The molecule has 0 amide bonds. The summed E-state index contributed by atoms with van der Waals surface area (Å²) in [4.78, 5) is 11.9. The van der Waals surface area contributed by atoms with E-state index in [4.69, 9.17) is 13.7 Å². The maximum atomic E-state index is 11.9. The zero-order chi connectivity index (χ0) is 16.0. The molecule has 0 atom stereocenters. The predicted octanol–water partition coefficient (Wildman–Crippen LogP) is 3.69. The van der Waals surface area contributed by atoms with Crippen molar-refractivity contribution in [3.05, 3.63) is 45.1 Å². The van der Waals surface area contributed by atoms with Gasteiger partial charge in [-0.3, -0.25) is 0 Å². The molecule has 2 aromatic heterocycles. The predicted molar refractivity (Wildman–Crippen MR) is 83.5 cm³/mol. The summed E-state index contributed by atoms with van der Waals surface area (Å²) in [5, 5.41) is 4.78. The fourth-order valence-electron chi connectivity index (χ4n) is 2.76. The number of benzene rings is 1. The number of rotatable bonds is 2. The summed E-state index contributed by atoms with van der Waals surface area (Å²) >= 11 is 0. The van der Waals surface area contributed by atoms with Crippen molar-refractivity contribution < 1.29 is 13.7 Å². The van der Waals surface area contributed by atoms with Crippen molar-refractivity contribution in [3.8, 4) is 16.9 Å². The number of nitrogens with zero attached hydrogens (tertiary/aromatic N) is 1. The maximum absolute atomic E-state index is 11.9. The fourth-order valence-corrected chi connectivity index (χ4v) is 2.76. The van der Waals surface area contributed by atoms with E-state index in [0.29, 0.717) is 22.7 Å². The largest absolute Gasteiger partial charge is 0.496 e. The van der Waals surface area contributed by atoms with Crippen molar-refractivity contribution in [2.24, 2.45) is 0 Å². The van der Waals surface area contributed by atoms with Gasteiger partial charge in [0.05, 0.1) is 18.2 Å². The zero-order valence-corrected chi connectivity index (χ0v) is 13.2. The van der Waals surface area contributed by atoms with Crippen LogP contribution < -0.4 is 10.4 Å². The van der Waals surface area contributed by atoms with Gasteiger partial charge in [-0.2, -0.15) is 0 Å². The second-order valence-electron chi connectivity index (χ2n) is 5.39. The van der Waals surface area contributed by atoms with Crippen LogP contribution in [0.15, 0.2) is 25.9 Å². The van der Waals surface area contributed by atoms with Crippen LogP contribution in [0.4, 0.5) is 0 Å². The molecule has 0 radical (unpaired) electrons. The third kappa shape index (κ3) is 2.01. The minimum Gasteiger partial charge on any atom is -0.496 e. The topological polar surface area (TPSA) is 65.5 Å². The van der Waals surface area contributed by atoms with E-state index in [1.54, 1.807) is 14.0 Å². The number of aromatic nitrogens is 1. The molecule has 2 heterocycles. The highest BCUT2D eigenvalue weighted by atomic mass is 16.5. The number of hydrogen-bond donors (Lipinski definition) is 0. The Kier molecular flexibility index (Phi) is 3.28. The van der Waals surface area contributed by atoms with Crippen LogP contribution in [0.2, 0.25) is 0 Å². The van der Waals surface area contributed by atoms with Gasteiger partial charge in [-0.15, -0.1) is 0 Å². The summed E-state index contributed by atoms with van der Waals surface area (Å²) in [7, 11) is 1.60. The fraction of sp³-hybridized carbons (Fsp3) is 0.294. The first-order valence-electron chi connectivity index (χ1n) is 6.99. The number of methoxy groups -OCH3 is 1. The third-order valence-electron chi connectivity index (χ3n) is 4.05. The smallest absolute Gasteiger partial charge is 0.339 e. The Bertz CT molecular complexity index is 914. The van der Waals surface area contributed by atoms with Crippen LogP contribution in [0, 0.1) is 27.7 Å². The standard InChI is InChI=1S/C17H17NO4/c1-8-9(2)17(19)21-14-7-12(6-13(20-5)15(8)14)16-10(3)18-22-11(16)4/h6-7H,1-5H3. The SMILES string of the molecule is COc1cc(-c2c(C)noc2C)cc2oc(=O)c(C)c(C)c12. The van der Waals surface area contributed by atoms with Gasteiger partial charge in [-0.1, -0.05) is 5.16 Å². The Morgan fingerprint density at radius 3 is 2.41 bits per heavy atom. The van der Waals surface area contributed by atoms with E-state index < -0.39 is 0 Å². The van der Waals surface area contributed by atoms with Crippen molar-refractivity contribution in [2.75, 3.05) is 7.11 Å². The minimum absolute atomic E-state index is 0.331. The number of ether oxygens (including phenoxy) is 1. The highest BCUT2D eigenvalue weighted by molar-refractivity contribution is 5.92. The number of fused-ring (bicyclic) bond motifs is 1. The van der Waals surface area contributed by atoms with Gasteiger partial charge in [-0.25, -0.2) is 4.79 Å². The summed E-state index contributed by atoms with van der Waals surface area (Å²) in [6.45, 7) is 7.37. The molecular formula is C17H17NO4. The van der Waals surface area contributed by atoms with Crippen LogP contribution in [0.3, 0.4) is 0 Å². The van der Waals surface area contributed by atoms with E-state index in [1.807, 2.05) is 32.9 Å². The first kappa shape index (κ1) is 14.4. The lowest BCUT2D eigenvalue weighted by atomic mass is 9.99. The van der Waals surface area contributed by atoms with Crippen LogP contribution in [0.25, 0.3) is 22.1 Å². The van der Waals surface area contributed by atoms with Crippen LogP contribution in [0.5, 0.6) is 5.75 Å². The normalized spacial score (nSPS) is 11.1. The monoisotopic (exact) mass is 299 g/mol. The van der Waals surface area contributed by atoms with E-state index >= 15 is 0 Å². The molecule has 0 aliphatic rings. The zero-order valence-electron chi connectivity index (χ0n) is 13.2. The van der Waals surface area contributed by atoms with Crippen molar-refractivity contribution in [1.82, 2.24) is 5.16 Å². The van der Waals surface area contributed by atoms with Gasteiger partial charge in [0.15, 0.2) is 0 Å². The molecule has 1 aromatic carbocycles. The molecule has 0 aliphatic heterocycles. The summed E-state index contributed by atoms with van der Waals surface area (Å²) in [6, 6.07) is 3.75. The molecule has 3 rings (SSSR count). The van der Waals surface area contributed by atoms with Crippen LogP contribution in [0.1, 0.15) is 22.6 Å². The first-order chi connectivity index (χ1) is 10.4. The van der Waals surface area contributed by atoms with E-state index in [-0.39, 0.29) is 5.63 Å².